The maximum absolute atomic E-state index is 11.9. The van der Waals surface area contributed by atoms with Crippen LogP contribution in [-0.2, 0) is 0 Å². The van der Waals surface area contributed by atoms with E-state index in [9.17, 15) is 4.79 Å². The molecule has 1 aromatic carbocycles. The van der Waals surface area contributed by atoms with Crippen LogP contribution in [0.2, 0.25) is 10.0 Å². The standard InChI is InChI=1S/C11H10Cl2N4OS/c1-5(7-3-2-6(12)4-8(7)13)15-9(18)10-16-17-11(14)19-10/h2-5H,1H3,(H2,14,17)(H,15,18). The number of aromatic nitrogens is 2. The Balaban J connectivity index is 2.12. The lowest BCUT2D eigenvalue weighted by atomic mass is 10.1. The molecule has 8 heteroatoms. The average molecular weight is 317 g/mol. The lowest BCUT2D eigenvalue weighted by molar-refractivity contribution is 0.0939. The summed E-state index contributed by atoms with van der Waals surface area (Å²) in [6.45, 7) is 1.82. The Morgan fingerprint density at radius 2 is 2.16 bits per heavy atom. The first-order chi connectivity index (χ1) is 8.97. The largest absolute Gasteiger partial charge is 0.374 e. The fourth-order valence-corrected chi connectivity index (χ4v) is 2.60. The number of nitrogens with zero attached hydrogens (tertiary/aromatic N) is 2. The summed E-state index contributed by atoms with van der Waals surface area (Å²) in [5, 5.41) is 11.5. The van der Waals surface area contributed by atoms with Gasteiger partial charge >= 0.3 is 0 Å². The van der Waals surface area contributed by atoms with E-state index >= 15 is 0 Å². The summed E-state index contributed by atoms with van der Waals surface area (Å²) in [7, 11) is 0. The van der Waals surface area contributed by atoms with Crippen molar-refractivity contribution < 1.29 is 4.79 Å². The molecule has 2 rings (SSSR count). The third kappa shape index (κ3) is 3.34. The van der Waals surface area contributed by atoms with Crippen LogP contribution in [0.25, 0.3) is 0 Å². The fourth-order valence-electron chi connectivity index (χ4n) is 1.52. The van der Waals surface area contributed by atoms with E-state index in [1.54, 1.807) is 18.2 Å². The molecule has 3 N–H and O–H groups in total. The Bertz CT molecular complexity index is 616. The minimum absolute atomic E-state index is 0.217. The van der Waals surface area contributed by atoms with Gasteiger partial charge in [0.1, 0.15) is 0 Å². The Kier molecular flexibility index (Phi) is 4.24. The molecule has 1 aromatic heterocycles. The van der Waals surface area contributed by atoms with Gasteiger partial charge in [0.25, 0.3) is 5.91 Å². The third-order valence-corrected chi connectivity index (χ3v) is 3.73. The van der Waals surface area contributed by atoms with Gasteiger partial charge in [-0.25, -0.2) is 0 Å². The molecule has 100 valence electrons. The molecule has 1 unspecified atom stereocenters. The third-order valence-electron chi connectivity index (χ3n) is 2.41. The predicted octanol–water partition coefficient (Wildman–Crippen LogP) is 2.92. The molecule has 0 bridgehead atoms. The van der Waals surface area contributed by atoms with Crippen molar-refractivity contribution in [3.8, 4) is 0 Å². The molecule has 19 heavy (non-hydrogen) atoms. The van der Waals surface area contributed by atoms with Gasteiger partial charge in [-0.3, -0.25) is 4.79 Å². The van der Waals surface area contributed by atoms with E-state index in [4.69, 9.17) is 28.9 Å². The maximum atomic E-state index is 11.9. The van der Waals surface area contributed by atoms with E-state index in [-0.39, 0.29) is 22.1 Å². The smallest absolute Gasteiger partial charge is 0.282 e. The first kappa shape index (κ1) is 14.0. The molecule has 0 aliphatic heterocycles. The van der Waals surface area contributed by atoms with Crippen LogP contribution in [0.15, 0.2) is 18.2 Å². The SMILES string of the molecule is CC(NC(=O)c1nnc(N)s1)c1ccc(Cl)cc1Cl. The van der Waals surface area contributed by atoms with Gasteiger partial charge in [0.2, 0.25) is 10.1 Å². The van der Waals surface area contributed by atoms with E-state index < -0.39 is 0 Å². The monoisotopic (exact) mass is 316 g/mol. The molecule has 2 aromatic rings. The zero-order valence-corrected chi connectivity index (χ0v) is 12.2. The summed E-state index contributed by atoms with van der Waals surface area (Å²) in [5.74, 6) is -0.340. The number of hydrogen-bond acceptors (Lipinski definition) is 5. The summed E-state index contributed by atoms with van der Waals surface area (Å²) in [6.07, 6.45) is 0. The second kappa shape index (κ2) is 5.73. The summed E-state index contributed by atoms with van der Waals surface area (Å²) in [6, 6.07) is 4.84. The summed E-state index contributed by atoms with van der Waals surface area (Å²) in [5.41, 5.74) is 6.20. The van der Waals surface area contributed by atoms with Crippen LogP contribution in [0.1, 0.15) is 28.3 Å². The summed E-state index contributed by atoms with van der Waals surface area (Å²) < 4.78 is 0. The molecule has 1 atom stereocenters. The predicted molar refractivity (Wildman–Crippen MR) is 76.7 cm³/mol. The lowest BCUT2D eigenvalue weighted by Gasteiger charge is -2.14. The molecule has 0 fully saturated rings. The molecule has 0 radical (unpaired) electrons. The second-order valence-electron chi connectivity index (χ2n) is 3.81. The number of nitrogens with one attached hydrogen (secondary N) is 1. The topological polar surface area (TPSA) is 80.9 Å². The minimum Gasteiger partial charge on any atom is -0.374 e. The zero-order valence-electron chi connectivity index (χ0n) is 9.85. The van der Waals surface area contributed by atoms with Gasteiger partial charge in [-0.2, -0.15) is 0 Å². The van der Waals surface area contributed by atoms with Crippen LogP contribution in [0, 0.1) is 0 Å². The van der Waals surface area contributed by atoms with Crippen molar-refractivity contribution in [1.82, 2.24) is 15.5 Å². The van der Waals surface area contributed by atoms with E-state index in [1.165, 1.54) is 0 Å². The van der Waals surface area contributed by atoms with E-state index in [1.807, 2.05) is 6.92 Å². The van der Waals surface area contributed by atoms with Crippen molar-refractivity contribution in [2.75, 3.05) is 5.73 Å². The Labute approximate surface area is 123 Å². The summed E-state index contributed by atoms with van der Waals surface area (Å²) in [4.78, 5) is 11.9. The highest BCUT2D eigenvalue weighted by molar-refractivity contribution is 7.16. The number of amides is 1. The normalized spacial score (nSPS) is 12.2. The number of hydrogen-bond donors (Lipinski definition) is 2. The first-order valence-corrected chi connectivity index (χ1v) is 6.89. The van der Waals surface area contributed by atoms with E-state index in [2.05, 4.69) is 15.5 Å². The number of carbonyl (C=O) groups is 1. The molecule has 0 spiro atoms. The van der Waals surface area contributed by atoms with Gasteiger partial charge in [-0.05, 0) is 24.6 Å². The lowest BCUT2D eigenvalue weighted by Crippen LogP contribution is -2.26. The van der Waals surface area contributed by atoms with Crippen molar-refractivity contribution in [3.05, 3.63) is 38.8 Å². The first-order valence-electron chi connectivity index (χ1n) is 5.32. The maximum Gasteiger partial charge on any atom is 0.282 e. The Morgan fingerprint density at radius 3 is 2.74 bits per heavy atom. The van der Waals surface area contributed by atoms with Crippen molar-refractivity contribution in [2.45, 2.75) is 13.0 Å². The minimum atomic E-state index is -0.340. The molecule has 5 nitrogen and oxygen atoms in total. The van der Waals surface area contributed by atoms with E-state index in [0.717, 1.165) is 16.9 Å². The highest BCUT2D eigenvalue weighted by Crippen LogP contribution is 2.26. The highest BCUT2D eigenvalue weighted by atomic mass is 35.5. The van der Waals surface area contributed by atoms with Gasteiger partial charge in [0.05, 0.1) is 6.04 Å². The van der Waals surface area contributed by atoms with Crippen LogP contribution in [0.3, 0.4) is 0 Å². The van der Waals surface area contributed by atoms with Crippen molar-refractivity contribution in [1.29, 1.82) is 0 Å². The van der Waals surface area contributed by atoms with Crippen LogP contribution in [-0.4, -0.2) is 16.1 Å². The van der Waals surface area contributed by atoms with Crippen LogP contribution >= 0.6 is 34.5 Å². The molecular formula is C11H10Cl2N4OS. The number of nitrogen functional groups attached to an aromatic ring is 1. The zero-order chi connectivity index (χ0) is 14.0. The van der Waals surface area contributed by atoms with Gasteiger partial charge in [0.15, 0.2) is 0 Å². The van der Waals surface area contributed by atoms with E-state index in [0.29, 0.717) is 10.0 Å². The number of nitrogens with two attached hydrogens (primary N) is 1. The second-order valence-corrected chi connectivity index (χ2v) is 5.66. The number of halogens is 2. The molecule has 0 saturated carbocycles. The van der Waals surface area contributed by atoms with Gasteiger partial charge in [0, 0.05) is 10.0 Å². The number of rotatable bonds is 3. The number of carbonyl (C=O) groups excluding carboxylic acids is 1. The Morgan fingerprint density at radius 1 is 1.42 bits per heavy atom. The van der Waals surface area contributed by atoms with Gasteiger partial charge in [-0.1, -0.05) is 40.6 Å². The van der Waals surface area contributed by atoms with Gasteiger partial charge in [-0.15, -0.1) is 10.2 Å². The molecule has 0 aliphatic carbocycles. The van der Waals surface area contributed by atoms with Crippen LogP contribution in [0.5, 0.6) is 0 Å². The fraction of sp³-hybridized carbons (Fsp3) is 0.182. The van der Waals surface area contributed by atoms with Crippen molar-refractivity contribution >= 4 is 45.6 Å². The van der Waals surface area contributed by atoms with Crippen molar-refractivity contribution in [3.63, 3.8) is 0 Å². The molecule has 1 heterocycles. The average Bonchev–Trinajstić information content (AvgIpc) is 2.75. The number of anilines is 1. The highest BCUT2D eigenvalue weighted by Gasteiger charge is 2.17. The molecular weight excluding hydrogens is 307 g/mol. The van der Waals surface area contributed by atoms with Gasteiger partial charge < -0.3 is 11.1 Å². The molecule has 1 amide bonds. The van der Waals surface area contributed by atoms with Crippen LogP contribution < -0.4 is 11.1 Å². The molecule has 0 saturated heterocycles. The molecule has 0 aliphatic rings. The Hall–Kier alpha value is -1.37. The number of benzene rings is 1. The van der Waals surface area contributed by atoms with Crippen LogP contribution in [0.4, 0.5) is 5.13 Å². The van der Waals surface area contributed by atoms with Crippen molar-refractivity contribution in [2.24, 2.45) is 0 Å². The summed E-state index contributed by atoms with van der Waals surface area (Å²) >= 11 is 12.9. The quantitative estimate of drug-likeness (QED) is 0.912.